The van der Waals surface area contributed by atoms with Crippen molar-refractivity contribution < 1.29 is 14.3 Å². The zero-order chi connectivity index (χ0) is 20.2. The molecule has 28 heavy (non-hydrogen) atoms. The molecule has 0 unspecified atom stereocenters. The molecule has 2 aromatic rings. The zero-order valence-corrected chi connectivity index (χ0v) is 16.6. The summed E-state index contributed by atoms with van der Waals surface area (Å²) in [5.74, 6) is 1.21. The number of ether oxygens (including phenoxy) is 2. The second-order valence-electron chi connectivity index (χ2n) is 6.41. The fourth-order valence-electron chi connectivity index (χ4n) is 2.57. The van der Waals surface area contributed by atoms with E-state index in [4.69, 9.17) is 15.2 Å². The van der Waals surface area contributed by atoms with E-state index < -0.39 is 0 Å². The number of hydrazone groups is 1. The number of hydrogen-bond acceptors (Lipinski definition) is 5. The average molecular weight is 383 g/mol. The van der Waals surface area contributed by atoms with Crippen molar-refractivity contribution in [2.45, 2.75) is 39.5 Å². The highest BCUT2D eigenvalue weighted by Gasteiger charge is 2.06. The van der Waals surface area contributed by atoms with Gasteiger partial charge in [-0.05, 0) is 54.8 Å². The normalized spacial score (nSPS) is 10.8. The predicted molar refractivity (Wildman–Crippen MR) is 113 cm³/mol. The number of nitrogens with one attached hydrogen (secondary N) is 1. The topological polar surface area (TPSA) is 85.9 Å². The fraction of sp³-hybridized carbons (Fsp3) is 0.364. The second kappa shape index (κ2) is 11.6. The average Bonchev–Trinajstić information content (AvgIpc) is 2.68. The van der Waals surface area contributed by atoms with Gasteiger partial charge in [0.05, 0.1) is 25.8 Å². The molecule has 0 aromatic heterocycles. The Morgan fingerprint density at radius 3 is 2.57 bits per heavy atom. The number of nitrogens with zero attached hydrogens (tertiary/aromatic N) is 1. The first-order chi connectivity index (χ1) is 13.6. The van der Waals surface area contributed by atoms with Crippen LogP contribution in [-0.4, -0.2) is 25.3 Å². The highest BCUT2D eigenvalue weighted by Crippen LogP contribution is 2.28. The van der Waals surface area contributed by atoms with Crippen molar-refractivity contribution in [1.29, 1.82) is 0 Å². The number of nitrogens with two attached hydrogens (primary N) is 1. The standard InChI is InChI=1S/C22H29N3O3/c1-3-5-6-13-28-20-12-9-18(14-21(20)27-4-2)16-24-25-22(26)15-17-7-10-19(23)11-8-17/h7-12,14,16H,3-6,13,15,23H2,1-2H3,(H,25,26)/b24-16-. The minimum atomic E-state index is -0.193. The molecule has 0 aliphatic rings. The number of anilines is 1. The molecular weight excluding hydrogens is 354 g/mol. The van der Waals surface area contributed by atoms with E-state index in [-0.39, 0.29) is 12.3 Å². The predicted octanol–water partition coefficient (Wildman–Crippen LogP) is 3.93. The largest absolute Gasteiger partial charge is 0.490 e. The summed E-state index contributed by atoms with van der Waals surface area (Å²) in [6.45, 7) is 5.31. The highest BCUT2D eigenvalue weighted by molar-refractivity contribution is 5.84. The van der Waals surface area contributed by atoms with E-state index >= 15 is 0 Å². The van der Waals surface area contributed by atoms with Crippen LogP contribution in [0.25, 0.3) is 0 Å². The molecule has 0 atom stereocenters. The van der Waals surface area contributed by atoms with E-state index in [2.05, 4.69) is 17.5 Å². The number of carbonyl (C=O) groups is 1. The third-order valence-electron chi connectivity index (χ3n) is 4.02. The van der Waals surface area contributed by atoms with Gasteiger partial charge in [-0.15, -0.1) is 0 Å². The maximum absolute atomic E-state index is 12.0. The van der Waals surface area contributed by atoms with Gasteiger partial charge < -0.3 is 15.2 Å². The summed E-state index contributed by atoms with van der Waals surface area (Å²) in [5, 5.41) is 4.03. The number of unbranched alkanes of at least 4 members (excludes halogenated alkanes) is 2. The van der Waals surface area contributed by atoms with E-state index in [0.29, 0.717) is 24.7 Å². The van der Waals surface area contributed by atoms with Crippen LogP contribution in [0.15, 0.2) is 47.6 Å². The van der Waals surface area contributed by atoms with E-state index in [9.17, 15) is 4.79 Å². The molecule has 3 N–H and O–H groups in total. The Hall–Kier alpha value is -3.02. The Balaban J connectivity index is 1.91. The molecule has 0 spiro atoms. The Morgan fingerprint density at radius 2 is 1.86 bits per heavy atom. The first-order valence-corrected chi connectivity index (χ1v) is 9.68. The maximum atomic E-state index is 12.0. The molecule has 0 saturated heterocycles. The molecule has 1 amide bonds. The summed E-state index contributed by atoms with van der Waals surface area (Å²) < 4.78 is 11.5. The lowest BCUT2D eigenvalue weighted by molar-refractivity contribution is -0.120. The van der Waals surface area contributed by atoms with Crippen LogP contribution >= 0.6 is 0 Å². The van der Waals surface area contributed by atoms with Gasteiger partial charge in [0.1, 0.15) is 0 Å². The Kier molecular flexibility index (Phi) is 8.85. The number of amides is 1. The molecule has 0 aliphatic heterocycles. The van der Waals surface area contributed by atoms with E-state index in [1.54, 1.807) is 18.3 Å². The zero-order valence-electron chi connectivity index (χ0n) is 16.6. The number of hydrogen-bond donors (Lipinski definition) is 2. The van der Waals surface area contributed by atoms with Crippen LogP contribution in [-0.2, 0) is 11.2 Å². The first-order valence-electron chi connectivity index (χ1n) is 9.68. The summed E-state index contributed by atoms with van der Waals surface area (Å²) >= 11 is 0. The van der Waals surface area contributed by atoms with Crippen LogP contribution in [0, 0.1) is 0 Å². The van der Waals surface area contributed by atoms with Gasteiger partial charge in [-0.3, -0.25) is 4.79 Å². The SMILES string of the molecule is CCCCCOc1ccc(/C=N\NC(=O)Cc2ccc(N)cc2)cc1OCC. The Morgan fingerprint density at radius 1 is 1.07 bits per heavy atom. The van der Waals surface area contributed by atoms with E-state index in [0.717, 1.165) is 36.1 Å². The van der Waals surface area contributed by atoms with Crippen molar-refractivity contribution in [2.24, 2.45) is 5.10 Å². The summed E-state index contributed by atoms with van der Waals surface area (Å²) in [4.78, 5) is 12.0. The smallest absolute Gasteiger partial charge is 0.244 e. The summed E-state index contributed by atoms with van der Waals surface area (Å²) in [6.07, 6.45) is 5.15. The van der Waals surface area contributed by atoms with Crippen molar-refractivity contribution in [3.05, 3.63) is 53.6 Å². The quantitative estimate of drug-likeness (QED) is 0.266. The fourth-order valence-corrected chi connectivity index (χ4v) is 2.57. The summed E-state index contributed by atoms with van der Waals surface area (Å²) in [7, 11) is 0. The van der Waals surface area contributed by atoms with Gasteiger partial charge >= 0.3 is 0 Å². The molecule has 0 saturated carbocycles. The highest BCUT2D eigenvalue weighted by atomic mass is 16.5. The number of nitrogen functional groups attached to an aromatic ring is 1. The van der Waals surface area contributed by atoms with Crippen molar-refractivity contribution in [1.82, 2.24) is 5.43 Å². The van der Waals surface area contributed by atoms with Crippen LogP contribution in [0.2, 0.25) is 0 Å². The van der Waals surface area contributed by atoms with Gasteiger partial charge in [-0.1, -0.05) is 31.9 Å². The summed E-state index contributed by atoms with van der Waals surface area (Å²) in [5.41, 5.74) is 10.5. The third-order valence-corrected chi connectivity index (χ3v) is 4.02. The van der Waals surface area contributed by atoms with Crippen molar-refractivity contribution in [2.75, 3.05) is 18.9 Å². The lowest BCUT2D eigenvalue weighted by Crippen LogP contribution is -2.19. The molecule has 0 bridgehead atoms. The number of rotatable bonds is 11. The maximum Gasteiger partial charge on any atom is 0.244 e. The van der Waals surface area contributed by atoms with E-state index in [1.165, 1.54) is 0 Å². The lowest BCUT2D eigenvalue weighted by atomic mass is 10.1. The first kappa shape index (κ1) is 21.3. The molecular formula is C22H29N3O3. The summed E-state index contributed by atoms with van der Waals surface area (Å²) in [6, 6.07) is 12.8. The minimum absolute atomic E-state index is 0.193. The molecule has 0 radical (unpaired) electrons. The van der Waals surface area contributed by atoms with Crippen LogP contribution in [0.1, 0.15) is 44.2 Å². The Labute approximate surface area is 166 Å². The van der Waals surface area contributed by atoms with Crippen molar-refractivity contribution in [3.63, 3.8) is 0 Å². The molecule has 150 valence electrons. The molecule has 2 rings (SSSR count). The van der Waals surface area contributed by atoms with Crippen molar-refractivity contribution >= 4 is 17.8 Å². The molecule has 6 nitrogen and oxygen atoms in total. The molecule has 0 fully saturated rings. The van der Waals surface area contributed by atoms with Crippen LogP contribution in [0.5, 0.6) is 11.5 Å². The van der Waals surface area contributed by atoms with Gasteiger partial charge in [-0.25, -0.2) is 5.43 Å². The van der Waals surface area contributed by atoms with Gasteiger partial charge in [0.15, 0.2) is 11.5 Å². The number of carbonyl (C=O) groups excluding carboxylic acids is 1. The molecule has 2 aromatic carbocycles. The number of benzene rings is 2. The van der Waals surface area contributed by atoms with Gasteiger partial charge in [-0.2, -0.15) is 5.10 Å². The molecule has 0 aliphatic carbocycles. The van der Waals surface area contributed by atoms with E-state index in [1.807, 2.05) is 37.3 Å². The van der Waals surface area contributed by atoms with Crippen LogP contribution < -0.4 is 20.6 Å². The molecule has 0 heterocycles. The van der Waals surface area contributed by atoms with Crippen LogP contribution in [0.3, 0.4) is 0 Å². The lowest BCUT2D eigenvalue weighted by Gasteiger charge is -2.12. The monoisotopic (exact) mass is 383 g/mol. The third kappa shape index (κ3) is 7.31. The Bertz CT molecular complexity index is 773. The minimum Gasteiger partial charge on any atom is -0.490 e. The van der Waals surface area contributed by atoms with Gasteiger partial charge in [0.25, 0.3) is 0 Å². The second-order valence-corrected chi connectivity index (χ2v) is 6.41. The van der Waals surface area contributed by atoms with Crippen molar-refractivity contribution in [3.8, 4) is 11.5 Å². The van der Waals surface area contributed by atoms with Gasteiger partial charge in [0, 0.05) is 5.69 Å². The molecule has 6 heteroatoms. The van der Waals surface area contributed by atoms with Crippen LogP contribution in [0.4, 0.5) is 5.69 Å². The van der Waals surface area contributed by atoms with Gasteiger partial charge in [0.2, 0.25) is 5.91 Å².